The highest BCUT2D eigenvalue weighted by molar-refractivity contribution is 7.89. The van der Waals surface area contributed by atoms with Gasteiger partial charge in [-0.25, -0.2) is 0 Å². The Kier molecular flexibility index (Phi) is 2.10. The Balaban J connectivity index is 2.85. The molecule has 1 unspecified atom stereocenters. The van der Waals surface area contributed by atoms with E-state index in [-0.39, 0.29) is 0 Å². The van der Waals surface area contributed by atoms with Crippen LogP contribution in [0, 0.1) is 6.07 Å². The molecule has 0 spiro atoms. The molecular weight excluding hydrogens is 134 g/mol. The quantitative estimate of drug-likeness (QED) is 0.576. The van der Waals surface area contributed by atoms with Crippen molar-refractivity contribution in [1.29, 1.82) is 0 Å². The lowest BCUT2D eigenvalue weighted by atomic mass is 10.4. The molecule has 1 aromatic carbocycles. The molecule has 0 heterocycles. The van der Waals surface area contributed by atoms with Gasteiger partial charge in [-0.05, 0) is 30.3 Å². The van der Waals surface area contributed by atoms with E-state index in [9.17, 15) is 4.55 Å². The monoisotopic (exact) mass is 140 g/mol. The molecule has 47 valence electrons. The number of nitrogens with two attached hydrogens (primary N) is 1. The van der Waals surface area contributed by atoms with Crippen molar-refractivity contribution in [3.8, 4) is 0 Å². The Morgan fingerprint density at radius 1 is 1.44 bits per heavy atom. The summed E-state index contributed by atoms with van der Waals surface area (Å²) >= 11 is -1.35. The third-order valence-electron chi connectivity index (χ3n) is 0.920. The van der Waals surface area contributed by atoms with Crippen molar-refractivity contribution in [2.75, 3.05) is 0 Å². The predicted octanol–water partition coefficient (Wildman–Crippen LogP) is 0.468. The summed E-state index contributed by atoms with van der Waals surface area (Å²) in [5, 5.41) is 5.07. The normalized spacial score (nSPS) is 13.1. The van der Waals surface area contributed by atoms with Gasteiger partial charge in [-0.1, -0.05) is 0 Å². The molecule has 9 heavy (non-hydrogen) atoms. The molecule has 1 aromatic rings. The van der Waals surface area contributed by atoms with Crippen molar-refractivity contribution in [2.45, 2.75) is 4.90 Å². The summed E-state index contributed by atoms with van der Waals surface area (Å²) in [6.07, 6.45) is 0. The third kappa shape index (κ3) is 1.71. The summed E-state index contributed by atoms with van der Waals surface area (Å²) in [5.74, 6) is 0. The van der Waals surface area contributed by atoms with Crippen LogP contribution in [-0.4, -0.2) is 4.55 Å². The van der Waals surface area contributed by atoms with Crippen LogP contribution in [0.2, 0.25) is 0 Å². The first-order chi connectivity index (χ1) is 4.30. The zero-order valence-corrected chi connectivity index (χ0v) is 5.52. The van der Waals surface area contributed by atoms with Crippen LogP contribution in [-0.2, 0) is 11.4 Å². The maximum atomic E-state index is 10.5. The van der Waals surface area contributed by atoms with E-state index in [0.29, 0.717) is 4.90 Å². The fraction of sp³-hybridized carbons (Fsp3) is 0. The molecule has 2 N–H and O–H groups in total. The number of rotatable bonds is 1. The van der Waals surface area contributed by atoms with Gasteiger partial charge in [0.25, 0.3) is 0 Å². The summed E-state index contributed by atoms with van der Waals surface area (Å²) < 4.78 is 10.5. The van der Waals surface area contributed by atoms with E-state index in [2.05, 4.69) is 6.07 Å². The van der Waals surface area contributed by atoms with E-state index in [4.69, 9.17) is 5.14 Å². The minimum atomic E-state index is -1.35. The highest BCUT2D eigenvalue weighted by Gasteiger charge is 2.00. The molecule has 1 atom stereocenters. The minimum absolute atomic E-state index is 0.633. The number of benzene rings is 1. The molecule has 0 saturated carbocycles. The largest absolute Gasteiger partial charge is 0.593 e. The molecule has 0 amide bonds. The second kappa shape index (κ2) is 2.87. The Morgan fingerprint density at radius 2 is 2.00 bits per heavy atom. The van der Waals surface area contributed by atoms with Crippen molar-refractivity contribution in [3.05, 3.63) is 30.3 Å². The molecule has 3 heteroatoms. The number of hydrogen-bond acceptors (Lipinski definition) is 2. The van der Waals surface area contributed by atoms with Crippen LogP contribution in [0.25, 0.3) is 0 Å². The molecule has 2 nitrogen and oxygen atoms in total. The van der Waals surface area contributed by atoms with Gasteiger partial charge in [0.05, 0.1) is 11.4 Å². The van der Waals surface area contributed by atoms with E-state index in [1.165, 1.54) is 0 Å². The smallest absolute Gasteiger partial charge is 0.173 e. The lowest BCUT2D eigenvalue weighted by molar-refractivity contribution is 0.596. The topological polar surface area (TPSA) is 49.1 Å². The summed E-state index contributed by atoms with van der Waals surface area (Å²) in [6.45, 7) is 0. The molecule has 0 aliphatic carbocycles. The fourth-order valence-electron chi connectivity index (χ4n) is 0.506. The second-order valence-corrected chi connectivity index (χ2v) is 2.60. The van der Waals surface area contributed by atoms with Crippen molar-refractivity contribution in [3.63, 3.8) is 0 Å². The lowest BCUT2D eigenvalue weighted by Crippen LogP contribution is -2.11. The minimum Gasteiger partial charge on any atom is -0.593 e. The first-order valence-electron chi connectivity index (χ1n) is 2.43. The summed E-state index contributed by atoms with van der Waals surface area (Å²) in [4.78, 5) is 0.633. The summed E-state index contributed by atoms with van der Waals surface area (Å²) in [5.41, 5.74) is 0. The SMILES string of the molecule is N[S+]([O-])c1cc[c]cc1. The molecule has 0 saturated heterocycles. The van der Waals surface area contributed by atoms with Crippen molar-refractivity contribution in [2.24, 2.45) is 5.14 Å². The first-order valence-corrected chi connectivity index (χ1v) is 3.64. The maximum Gasteiger partial charge on any atom is 0.173 e. The van der Waals surface area contributed by atoms with Gasteiger partial charge in [-0.2, -0.15) is 0 Å². The van der Waals surface area contributed by atoms with Crippen molar-refractivity contribution in [1.82, 2.24) is 0 Å². The maximum absolute atomic E-state index is 10.5. The van der Waals surface area contributed by atoms with Gasteiger partial charge < -0.3 is 4.55 Å². The molecule has 0 fully saturated rings. The molecule has 0 aliphatic rings. The highest BCUT2D eigenvalue weighted by Crippen LogP contribution is 2.02. The van der Waals surface area contributed by atoms with E-state index >= 15 is 0 Å². The van der Waals surface area contributed by atoms with Crippen LogP contribution in [0.4, 0.5) is 0 Å². The van der Waals surface area contributed by atoms with E-state index in [1.54, 1.807) is 24.3 Å². The Hall–Kier alpha value is -0.510. The van der Waals surface area contributed by atoms with Crippen LogP contribution in [0.3, 0.4) is 0 Å². The molecule has 1 radical (unpaired) electrons. The fourth-order valence-corrected chi connectivity index (χ4v) is 0.910. The molecule has 1 rings (SSSR count). The van der Waals surface area contributed by atoms with Crippen LogP contribution in [0.1, 0.15) is 0 Å². The van der Waals surface area contributed by atoms with E-state index in [1.807, 2.05) is 0 Å². The van der Waals surface area contributed by atoms with Crippen LogP contribution in [0.15, 0.2) is 29.2 Å². The van der Waals surface area contributed by atoms with E-state index < -0.39 is 11.4 Å². The van der Waals surface area contributed by atoms with E-state index in [0.717, 1.165) is 0 Å². The Morgan fingerprint density at radius 3 is 2.33 bits per heavy atom. The van der Waals surface area contributed by atoms with Crippen molar-refractivity contribution >= 4 is 11.4 Å². The Labute approximate surface area is 57.0 Å². The molecule has 0 aromatic heterocycles. The summed E-state index contributed by atoms with van der Waals surface area (Å²) in [7, 11) is 0. The highest BCUT2D eigenvalue weighted by atomic mass is 32.2. The van der Waals surface area contributed by atoms with Gasteiger partial charge in [0.15, 0.2) is 4.90 Å². The average Bonchev–Trinajstić information content (AvgIpc) is 1.90. The van der Waals surface area contributed by atoms with Crippen LogP contribution in [0.5, 0.6) is 0 Å². The van der Waals surface area contributed by atoms with Gasteiger partial charge in [-0.15, -0.1) is 5.14 Å². The van der Waals surface area contributed by atoms with Gasteiger partial charge in [-0.3, -0.25) is 0 Å². The third-order valence-corrected chi connectivity index (χ3v) is 1.66. The Bertz CT molecular complexity index is 176. The van der Waals surface area contributed by atoms with Crippen LogP contribution >= 0.6 is 0 Å². The second-order valence-electron chi connectivity index (χ2n) is 1.53. The van der Waals surface area contributed by atoms with Gasteiger partial charge >= 0.3 is 0 Å². The van der Waals surface area contributed by atoms with Gasteiger partial charge in [0.1, 0.15) is 0 Å². The van der Waals surface area contributed by atoms with Gasteiger partial charge in [0, 0.05) is 0 Å². The first kappa shape index (κ1) is 6.61. The number of hydrogen-bond donors (Lipinski definition) is 1. The standard InChI is InChI=1S/C6H6NOS/c7-9(8)6-4-2-1-3-5-6/h2-5H,7H2. The zero-order valence-electron chi connectivity index (χ0n) is 4.70. The summed E-state index contributed by atoms with van der Waals surface area (Å²) in [6, 6.07) is 9.51. The van der Waals surface area contributed by atoms with Crippen molar-refractivity contribution < 1.29 is 4.55 Å². The average molecular weight is 140 g/mol. The van der Waals surface area contributed by atoms with Crippen LogP contribution < -0.4 is 5.14 Å². The predicted molar refractivity (Wildman–Crippen MR) is 35.9 cm³/mol. The molecule has 0 aliphatic heterocycles. The van der Waals surface area contributed by atoms with Gasteiger partial charge in [0.2, 0.25) is 0 Å². The lowest BCUT2D eigenvalue weighted by Gasteiger charge is -1.99. The molecule has 0 bridgehead atoms. The zero-order chi connectivity index (χ0) is 6.69. The molecular formula is C6H6NOS.